The molecule has 3 N–H and O–H groups in total. The first-order valence-electron chi connectivity index (χ1n) is 9.92. The van der Waals surface area contributed by atoms with Gasteiger partial charge in [0.25, 0.3) is 17.2 Å². The lowest BCUT2D eigenvalue weighted by atomic mass is 9.88. The predicted octanol–water partition coefficient (Wildman–Crippen LogP) is 2.19. The van der Waals surface area contributed by atoms with Crippen LogP contribution in [0.15, 0.2) is 77.7 Å². The number of nitrogens with zero attached hydrogens (tertiary/aromatic N) is 2. The van der Waals surface area contributed by atoms with Crippen molar-refractivity contribution < 1.29 is 14.5 Å². The molecule has 0 spiro atoms. The molecule has 3 rings (SSSR count). The van der Waals surface area contributed by atoms with Gasteiger partial charge in [-0.05, 0) is 17.5 Å². The van der Waals surface area contributed by atoms with Crippen LogP contribution in [0.2, 0.25) is 0 Å². The van der Waals surface area contributed by atoms with Gasteiger partial charge in [0.1, 0.15) is 12.1 Å². The summed E-state index contributed by atoms with van der Waals surface area (Å²) < 4.78 is 0.819. The van der Waals surface area contributed by atoms with E-state index in [1.54, 1.807) is 0 Å². The van der Waals surface area contributed by atoms with Gasteiger partial charge in [0.15, 0.2) is 0 Å². The number of nitrogens with one attached hydrogen (secondary N) is 1. The van der Waals surface area contributed by atoms with Crippen molar-refractivity contribution >= 4 is 17.5 Å². The fourth-order valence-corrected chi connectivity index (χ4v) is 3.48. The molecule has 9 heteroatoms. The summed E-state index contributed by atoms with van der Waals surface area (Å²) in [6, 6.07) is 20.6. The molecule has 32 heavy (non-hydrogen) atoms. The molecule has 164 valence electrons. The monoisotopic (exact) mass is 434 g/mol. The second kappa shape index (κ2) is 10.2. The molecule has 0 aliphatic rings. The topological polar surface area (TPSA) is 137 Å². The number of benzene rings is 2. The van der Waals surface area contributed by atoms with Gasteiger partial charge >= 0.3 is 0 Å². The Morgan fingerprint density at radius 2 is 1.59 bits per heavy atom. The number of carbonyl (C=O) groups excluding carboxylic acids is 2. The number of aromatic nitrogens is 1. The molecule has 0 fully saturated rings. The average molecular weight is 434 g/mol. The van der Waals surface area contributed by atoms with Gasteiger partial charge in [-0.25, -0.2) is 0 Å². The van der Waals surface area contributed by atoms with Crippen molar-refractivity contribution in [3.8, 4) is 0 Å². The number of hydrogen-bond acceptors (Lipinski definition) is 5. The molecule has 1 aromatic heterocycles. The Balaban J connectivity index is 1.71. The van der Waals surface area contributed by atoms with E-state index in [-0.39, 0.29) is 5.92 Å². The van der Waals surface area contributed by atoms with Crippen LogP contribution in [0, 0.1) is 10.1 Å². The molecule has 0 aliphatic heterocycles. The third kappa shape index (κ3) is 5.45. The Morgan fingerprint density at radius 3 is 2.09 bits per heavy atom. The van der Waals surface area contributed by atoms with Gasteiger partial charge in [0.05, 0.1) is 11.1 Å². The zero-order valence-corrected chi connectivity index (χ0v) is 17.1. The van der Waals surface area contributed by atoms with Gasteiger partial charge in [-0.3, -0.25) is 29.1 Å². The number of nitrogens with two attached hydrogens (primary N) is 1. The van der Waals surface area contributed by atoms with Crippen molar-refractivity contribution in [3.63, 3.8) is 0 Å². The molecule has 0 bridgehead atoms. The van der Waals surface area contributed by atoms with Crippen LogP contribution in [0.4, 0.5) is 5.69 Å². The second-order valence-electron chi connectivity index (χ2n) is 7.18. The normalized spacial score (nSPS) is 10.7. The molecule has 0 unspecified atom stereocenters. The largest absolute Gasteiger partial charge is 0.365 e. The Kier molecular flexibility index (Phi) is 7.12. The molecule has 1 heterocycles. The summed E-state index contributed by atoms with van der Waals surface area (Å²) in [4.78, 5) is 46.5. The van der Waals surface area contributed by atoms with Gasteiger partial charge in [0.2, 0.25) is 5.91 Å². The predicted molar refractivity (Wildman–Crippen MR) is 118 cm³/mol. The molecule has 3 aromatic rings. The van der Waals surface area contributed by atoms with Crippen molar-refractivity contribution in [2.45, 2.75) is 18.9 Å². The molecule has 0 saturated carbocycles. The highest BCUT2D eigenvalue weighted by Crippen LogP contribution is 2.27. The summed E-state index contributed by atoms with van der Waals surface area (Å²) in [6.45, 7) is -0.151. The van der Waals surface area contributed by atoms with E-state index in [1.165, 1.54) is 0 Å². The van der Waals surface area contributed by atoms with Crippen molar-refractivity contribution in [3.05, 3.63) is 110 Å². The van der Waals surface area contributed by atoms with Crippen LogP contribution in [-0.2, 0) is 11.3 Å². The van der Waals surface area contributed by atoms with Crippen LogP contribution < -0.4 is 16.6 Å². The van der Waals surface area contributed by atoms with Crippen LogP contribution >= 0.6 is 0 Å². The lowest BCUT2D eigenvalue weighted by molar-refractivity contribution is -0.385. The number of carbonyl (C=O) groups is 2. The van der Waals surface area contributed by atoms with Crippen molar-refractivity contribution in [1.82, 2.24) is 9.88 Å². The number of rotatable bonds is 9. The van der Waals surface area contributed by atoms with Crippen LogP contribution in [-0.4, -0.2) is 27.8 Å². The molecule has 9 nitrogen and oxygen atoms in total. The van der Waals surface area contributed by atoms with E-state index in [0.717, 1.165) is 28.0 Å². The summed E-state index contributed by atoms with van der Waals surface area (Å²) >= 11 is 0. The Morgan fingerprint density at radius 1 is 1.03 bits per heavy atom. The number of amides is 2. The standard InChI is InChI=1S/C23H22N4O5/c24-22(29)20-13-18(27(31)32)14-26(23(20)30)15-21(28)25-12-11-19(16-7-3-1-4-8-16)17-9-5-2-6-10-17/h1-10,13-14,19H,11-12,15H2,(H2,24,29)(H,25,28). The smallest absolute Gasteiger partial charge is 0.286 e. The van der Waals surface area contributed by atoms with Crippen LogP contribution in [0.3, 0.4) is 0 Å². The van der Waals surface area contributed by atoms with Gasteiger partial charge in [-0.15, -0.1) is 0 Å². The Labute approximate surface area is 183 Å². The summed E-state index contributed by atoms with van der Waals surface area (Å²) in [5.74, 6) is -1.55. The highest BCUT2D eigenvalue weighted by Gasteiger charge is 2.19. The zero-order chi connectivity index (χ0) is 23.1. The van der Waals surface area contributed by atoms with E-state index in [2.05, 4.69) is 5.32 Å². The van der Waals surface area contributed by atoms with Crippen LogP contribution in [0.25, 0.3) is 0 Å². The molecule has 2 amide bonds. The number of nitro groups is 1. The molecule has 0 aliphatic carbocycles. The lowest BCUT2D eigenvalue weighted by Crippen LogP contribution is -2.36. The molecule has 2 aromatic carbocycles. The fourth-order valence-electron chi connectivity index (χ4n) is 3.48. The Bertz CT molecular complexity index is 1140. The molecular weight excluding hydrogens is 412 g/mol. The summed E-state index contributed by atoms with van der Waals surface area (Å²) in [5, 5.41) is 13.8. The first kappa shape index (κ1) is 22.4. The SMILES string of the molecule is NC(=O)c1cc([N+](=O)[O-])cn(CC(=O)NCCC(c2ccccc2)c2ccccc2)c1=O. The minimum Gasteiger partial charge on any atom is -0.365 e. The van der Waals surface area contributed by atoms with Gasteiger partial charge < -0.3 is 11.1 Å². The van der Waals surface area contributed by atoms with Gasteiger partial charge in [-0.1, -0.05) is 60.7 Å². The van der Waals surface area contributed by atoms with Crippen LogP contribution in [0.1, 0.15) is 33.8 Å². The maximum Gasteiger partial charge on any atom is 0.286 e. The minimum absolute atomic E-state index is 0.0553. The number of pyridine rings is 1. The van der Waals surface area contributed by atoms with E-state index in [9.17, 15) is 24.5 Å². The van der Waals surface area contributed by atoms with Crippen molar-refractivity contribution in [2.75, 3.05) is 6.54 Å². The van der Waals surface area contributed by atoms with E-state index in [0.29, 0.717) is 13.0 Å². The molecule has 0 saturated heterocycles. The highest BCUT2D eigenvalue weighted by atomic mass is 16.6. The Hall–Kier alpha value is -4.27. The van der Waals surface area contributed by atoms with Gasteiger partial charge in [-0.2, -0.15) is 0 Å². The summed E-state index contributed by atoms with van der Waals surface area (Å²) in [6.07, 6.45) is 1.53. The fraction of sp³-hybridized carbons (Fsp3) is 0.174. The van der Waals surface area contributed by atoms with E-state index in [1.807, 2.05) is 60.7 Å². The van der Waals surface area contributed by atoms with Crippen molar-refractivity contribution in [1.29, 1.82) is 0 Å². The summed E-state index contributed by atoms with van der Waals surface area (Å²) in [7, 11) is 0. The maximum atomic E-state index is 12.4. The minimum atomic E-state index is -1.10. The molecule has 0 atom stereocenters. The number of hydrogen-bond donors (Lipinski definition) is 2. The van der Waals surface area contributed by atoms with E-state index < -0.39 is 40.1 Å². The summed E-state index contributed by atoms with van der Waals surface area (Å²) in [5.41, 5.74) is 5.44. The zero-order valence-electron chi connectivity index (χ0n) is 17.1. The molecular formula is C23H22N4O5. The first-order valence-corrected chi connectivity index (χ1v) is 9.92. The quantitative estimate of drug-likeness (QED) is 0.393. The van der Waals surface area contributed by atoms with E-state index in [4.69, 9.17) is 5.73 Å². The second-order valence-corrected chi connectivity index (χ2v) is 7.18. The third-order valence-corrected chi connectivity index (χ3v) is 5.02. The van der Waals surface area contributed by atoms with Crippen molar-refractivity contribution in [2.24, 2.45) is 5.73 Å². The lowest BCUT2D eigenvalue weighted by Gasteiger charge is -2.18. The average Bonchev–Trinajstić information content (AvgIpc) is 2.79. The third-order valence-electron chi connectivity index (χ3n) is 5.02. The maximum absolute atomic E-state index is 12.4. The van der Waals surface area contributed by atoms with E-state index >= 15 is 0 Å². The first-order chi connectivity index (χ1) is 15.4. The number of primary amides is 1. The molecule has 0 radical (unpaired) electrons. The van der Waals surface area contributed by atoms with Gasteiger partial charge in [0, 0.05) is 18.5 Å². The highest BCUT2D eigenvalue weighted by molar-refractivity contribution is 5.93. The van der Waals surface area contributed by atoms with Crippen LogP contribution in [0.5, 0.6) is 0 Å².